The molecule has 3 aromatic rings. The predicted molar refractivity (Wildman–Crippen MR) is 92.6 cm³/mol. The van der Waals surface area contributed by atoms with E-state index in [0.717, 1.165) is 22.4 Å². The summed E-state index contributed by atoms with van der Waals surface area (Å²) >= 11 is 0. The molecule has 3 rings (SSSR count). The minimum Gasteiger partial charge on any atom is -0.489 e. The number of rotatable bonds is 5. The van der Waals surface area contributed by atoms with Crippen molar-refractivity contribution in [2.45, 2.75) is 20.0 Å². The summed E-state index contributed by atoms with van der Waals surface area (Å²) in [5, 5.41) is 9.88. The lowest BCUT2D eigenvalue weighted by molar-refractivity contribution is 0.166. The van der Waals surface area contributed by atoms with Gasteiger partial charge >= 0.3 is 0 Å². The highest BCUT2D eigenvalue weighted by molar-refractivity contribution is 5.32. The van der Waals surface area contributed by atoms with Gasteiger partial charge in [-0.2, -0.15) is 4.73 Å². The molecule has 122 valence electrons. The summed E-state index contributed by atoms with van der Waals surface area (Å²) in [5.41, 5.74) is 3.04. The quantitative estimate of drug-likeness (QED) is 0.731. The summed E-state index contributed by atoms with van der Waals surface area (Å²) in [7, 11) is 0. The van der Waals surface area contributed by atoms with Gasteiger partial charge in [-0.15, -0.1) is 0 Å². The predicted octanol–water partition coefficient (Wildman–Crippen LogP) is 3.56. The van der Waals surface area contributed by atoms with Crippen molar-refractivity contribution in [3.05, 3.63) is 99.5 Å². The Balaban J connectivity index is 1.75. The van der Waals surface area contributed by atoms with Crippen molar-refractivity contribution in [1.29, 1.82) is 0 Å². The number of pyridine rings is 1. The summed E-state index contributed by atoms with van der Waals surface area (Å²) in [5.74, 6) is 0.760. The number of aryl methyl sites for hydroxylation is 1. The zero-order chi connectivity index (χ0) is 16.9. The normalized spacial score (nSPS) is 10.5. The van der Waals surface area contributed by atoms with Crippen LogP contribution in [0.4, 0.5) is 0 Å². The monoisotopic (exact) mass is 321 g/mol. The van der Waals surface area contributed by atoms with E-state index in [1.165, 1.54) is 6.07 Å². The fraction of sp³-hybridized carbons (Fsp3) is 0.150. The maximum absolute atomic E-state index is 11.7. The molecular formula is C20H19NO3. The zero-order valence-corrected chi connectivity index (χ0v) is 13.5. The van der Waals surface area contributed by atoms with Gasteiger partial charge in [0.15, 0.2) is 0 Å². The largest absolute Gasteiger partial charge is 0.489 e. The third-order valence-corrected chi connectivity index (χ3v) is 3.76. The lowest BCUT2D eigenvalue weighted by Gasteiger charge is -2.10. The Morgan fingerprint density at radius 1 is 0.958 bits per heavy atom. The molecule has 0 saturated carbocycles. The summed E-state index contributed by atoms with van der Waals surface area (Å²) in [6.07, 6.45) is 0.454. The number of hydrogen-bond donors (Lipinski definition) is 1. The number of ether oxygens (including phenoxy) is 1. The van der Waals surface area contributed by atoms with Gasteiger partial charge in [-0.3, -0.25) is 4.79 Å². The fourth-order valence-electron chi connectivity index (χ4n) is 2.58. The van der Waals surface area contributed by atoms with Gasteiger partial charge in [-0.1, -0.05) is 42.5 Å². The van der Waals surface area contributed by atoms with Gasteiger partial charge in [0.05, 0.1) is 5.69 Å². The van der Waals surface area contributed by atoms with Crippen molar-refractivity contribution < 1.29 is 9.94 Å². The van der Waals surface area contributed by atoms with Crippen molar-refractivity contribution >= 4 is 0 Å². The lowest BCUT2D eigenvalue weighted by Crippen LogP contribution is -2.21. The molecule has 4 nitrogen and oxygen atoms in total. The van der Waals surface area contributed by atoms with Gasteiger partial charge in [0.25, 0.3) is 5.56 Å². The van der Waals surface area contributed by atoms with Crippen LogP contribution in [0.5, 0.6) is 5.75 Å². The second-order valence-electron chi connectivity index (χ2n) is 5.77. The first kappa shape index (κ1) is 15.9. The average molecular weight is 321 g/mol. The summed E-state index contributed by atoms with van der Waals surface area (Å²) in [6, 6.07) is 20.9. The SMILES string of the molecule is Cc1cc(Cc2cccc(OCc3ccccc3)c2)n(O)c(=O)c1. The lowest BCUT2D eigenvalue weighted by atomic mass is 10.1. The minimum atomic E-state index is -0.415. The summed E-state index contributed by atoms with van der Waals surface area (Å²) in [4.78, 5) is 11.7. The molecule has 4 heteroatoms. The van der Waals surface area contributed by atoms with E-state index in [2.05, 4.69) is 0 Å². The molecule has 1 heterocycles. The second kappa shape index (κ2) is 7.04. The highest BCUT2D eigenvalue weighted by atomic mass is 16.5. The Bertz CT molecular complexity index is 885. The van der Waals surface area contributed by atoms with E-state index in [-0.39, 0.29) is 0 Å². The van der Waals surface area contributed by atoms with Crippen LogP contribution < -0.4 is 10.3 Å². The highest BCUT2D eigenvalue weighted by Crippen LogP contribution is 2.17. The number of hydrogen-bond acceptors (Lipinski definition) is 3. The third kappa shape index (κ3) is 3.84. The number of benzene rings is 2. The molecule has 0 aliphatic carbocycles. The maximum Gasteiger partial charge on any atom is 0.283 e. The molecule has 0 aliphatic rings. The van der Waals surface area contributed by atoms with Crippen LogP contribution in [0.15, 0.2) is 71.5 Å². The molecule has 0 saturated heterocycles. The third-order valence-electron chi connectivity index (χ3n) is 3.76. The van der Waals surface area contributed by atoms with E-state index in [4.69, 9.17) is 4.74 Å². The average Bonchev–Trinajstić information content (AvgIpc) is 2.59. The molecule has 0 fully saturated rings. The molecule has 24 heavy (non-hydrogen) atoms. The maximum atomic E-state index is 11.7. The molecule has 1 aromatic heterocycles. The van der Waals surface area contributed by atoms with E-state index in [0.29, 0.717) is 23.5 Å². The van der Waals surface area contributed by atoms with E-state index in [1.807, 2.05) is 61.5 Å². The van der Waals surface area contributed by atoms with Crippen LogP contribution in [-0.4, -0.2) is 9.94 Å². The first-order chi connectivity index (χ1) is 11.6. The van der Waals surface area contributed by atoms with E-state index >= 15 is 0 Å². The van der Waals surface area contributed by atoms with E-state index in [1.54, 1.807) is 6.07 Å². The van der Waals surface area contributed by atoms with E-state index in [9.17, 15) is 10.0 Å². The van der Waals surface area contributed by atoms with Gasteiger partial charge in [0.1, 0.15) is 12.4 Å². The summed E-state index contributed by atoms with van der Waals surface area (Å²) in [6.45, 7) is 2.34. The Morgan fingerprint density at radius 2 is 1.71 bits per heavy atom. The number of nitrogens with zero attached hydrogens (tertiary/aromatic N) is 1. The molecule has 1 N–H and O–H groups in total. The van der Waals surface area contributed by atoms with Crippen molar-refractivity contribution in [1.82, 2.24) is 4.73 Å². The van der Waals surface area contributed by atoms with Gasteiger partial charge in [-0.05, 0) is 41.8 Å². The van der Waals surface area contributed by atoms with Crippen LogP contribution in [0.1, 0.15) is 22.4 Å². The van der Waals surface area contributed by atoms with Crippen LogP contribution in [0, 0.1) is 6.92 Å². The van der Waals surface area contributed by atoms with Gasteiger partial charge in [0, 0.05) is 12.5 Å². The van der Waals surface area contributed by atoms with Gasteiger partial charge in [-0.25, -0.2) is 0 Å². The first-order valence-corrected chi connectivity index (χ1v) is 7.79. The number of aromatic nitrogens is 1. The molecule has 0 spiro atoms. The molecule has 0 radical (unpaired) electrons. The van der Waals surface area contributed by atoms with Crippen LogP contribution in [0.25, 0.3) is 0 Å². The molecule has 0 amide bonds. The van der Waals surface area contributed by atoms with Gasteiger partial charge in [0.2, 0.25) is 0 Å². The standard InChI is InChI=1S/C20H19NO3/c1-15-10-18(21(23)20(22)11-15)12-17-8-5-9-19(13-17)24-14-16-6-3-2-4-7-16/h2-11,13,23H,12,14H2,1H3. The molecule has 0 unspecified atom stereocenters. The first-order valence-electron chi connectivity index (χ1n) is 7.79. The summed E-state index contributed by atoms with van der Waals surface area (Å²) < 4.78 is 6.52. The zero-order valence-electron chi connectivity index (χ0n) is 13.5. The van der Waals surface area contributed by atoms with Crippen molar-refractivity contribution in [2.75, 3.05) is 0 Å². The van der Waals surface area contributed by atoms with Gasteiger partial charge < -0.3 is 9.94 Å². The molecule has 0 atom stereocenters. The highest BCUT2D eigenvalue weighted by Gasteiger charge is 2.06. The van der Waals surface area contributed by atoms with Crippen molar-refractivity contribution in [3.63, 3.8) is 0 Å². The molecular weight excluding hydrogens is 302 g/mol. The van der Waals surface area contributed by atoms with Crippen molar-refractivity contribution in [2.24, 2.45) is 0 Å². The van der Waals surface area contributed by atoms with E-state index < -0.39 is 5.56 Å². The molecule has 2 aromatic carbocycles. The molecule has 0 aliphatic heterocycles. The Morgan fingerprint density at radius 3 is 2.50 bits per heavy atom. The molecule has 0 bridgehead atoms. The van der Waals surface area contributed by atoms with Crippen LogP contribution in [-0.2, 0) is 13.0 Å². The van der Waals surface area contributed by atoms with Crippen LogP contribution in [0.2, 0.25) is 0 Å². The smallest absolute Gasteiger partial charge is 0.283 e. The van der Waals surface area contributed by atoms with Crippen LogP contribution in [0.3, 0.4) is 0 Å². The second-order valence-corrected chi connectivity index (χ2v) is 5.77. The fourth-order valence-corrected chi connectivity index (χ4v) is 2.58. The Hall–Kier alpha value is -3.01. The van der Waals surface area contributed by atoms with Crippen molar-refractivity contribution in [3.8, 4) is 5.75 Å². The minimum absolute atomic E-state index is 0.415. The topological polar surface area (TPSA) is 51.5 Å². The Kier molecular flexibility index (Phi) is 4.66. The van der Waals surface area contributed by atoms with Crippen LogP contribution >= 0.6 is 0 Å². The Labute approximate surface area is 140 Å².